The summed E-state index contributed by atoms with van der Waals surface area (Å²) in [6.07, 6.45) is 2.77. The summed E-state index contributed by atoms with van der Waals surface area (Å²) in [7, 11) is 4.07. The summed E-state index contributed by atoms with van der Waals surface area (Å²) >= 11 is 0. The van der Waals surface area contributed by atoms with Crippen molar-refractivity contribution in [3.05, 3.63) is 0 Å². The molecule has 0 aromatic heterocycles. The molecule has 1 aliphatic rings. The van der Waals surface area contributed by atoms with Gasteiger partial charge < -0.3 is 10.6 Å². The molecule has 0 bridgehead atoms. The molecule has 1 saturated carbocycles. The van der Waals surface area contributed by atoms with Crippen LogP contribution in [0.15, 0.2) is 0 Å². The van der Waals surface area contributed by atoms with Gasteiger partial charge in [0.1, 0.15) is 0 Å². The minimum atomic E-state index is 0.587. The van der Waals surface area contributed by atoms with Crippen LogP contribution in [-0.2, 0) is 0 Å². The maximum atomic E-state index is 3.31. The van der Waals surface area contributed by atoms with Crippen LogP contribution in [0.2, 0.25) is 0 Å². The number of nitrogens with one attached hydrogen (secondary N) is 2. The number of rotatable bonds is 4. The number of hydrogen-bond donors (Lipinski definition) is 2. The summed E-state index contributed by atoms with van der Waals surface area (Å²) in [5.41, 5.74) is 0.587. The second kappa shape index (κ2) is 2.89. The maximum Gasteiger partial charge on any atom is 0.0104 e. The molecule has 1 aliphatic carbocycles. The highest BCUT2D eigenvalue weighted by atomic mass is 14.9. The van der Waals surface area contributed by atoms with E-state index >= 15 is 0 Å². The Bertz CT molecular complexity index is 108. The highest BCUT2D eigenvalue weighted by Gasteiger charge is 2.45. The summed E-state index contributed by atoms with van der Waals surface area (Å²) < 4.78 is 0. The highest BCUT2D eigenvalue weighted by Crippen LogP contribution is 2.47. The predicted octanol–water partition coefficient (Wildman–Crippen LogP) is 0.594. The normalized spacial score (nSPS) is 24.3. The molecule has 1 atom stereocenters. The molecule has 0 aromatic carbocycles. The Kier molecular flexibility index (Phi) is 2.32. The summed E-state index contributed by atoms with van der Waals surface area (Å²) in [4.78, 5) is 0. The van der Waals surface area contributed by atoms with E-state index in [1.807, 2.05) is 14.1 Å². The molecule has 2 nitrogen and oxygen atoms in total. The van der Waals surface area contributed by atoms with Gasteiger partial charge >= 0.3 is 0 Å². The van der Waals surface area contributed by atoms with Crippen molar-refractivity contribution in [2.75, 3.05) is 20.6 Å². The van der Waals surface area contributed by atoms with E-state index in [9.17, 15) is 0 Å². The fourth-order valence-electron chi connectivity index (χ4n) is 1.58. The minimum absolute atomic E-state index is 0.587. The van der Waals surface area contributed by atoms with Gasteiger partial charge in [0.25, 0.3) is 0 Å². The average Bonchev–Trinajstić information content (AvgIpc) is 2.69. The van der Waals surface area contributed by atoms with Crippen molar-refractivity contribution < 1.29 is 0 Å². The first-order valence-corrected chi connectivity index (χ1v) is 4.07. The van der Waals surface area contributed by atoms with E-state index in [1.54, 1.807) is 0 Å². The molecule has 1 unspecified atom stereocenters. The van der Waals surface area contributed by atoms with Crippen LogP contribution < -0.4 is 10.6 Å². The van der Waals surface area contributed by atoms with Crippen LogP contribution >= 0.6 is 0 Å². The zero-order chi connectivity index (χ0) is 7.61. The molecular weight excluding hydrogens is 124 g/mol. The second-order valence-corrected chi connectivity index (χ2v) is 3.40. The summed E-state index contributed by atoms with van der Waals surface area (Å²) in [5.74, 6) is 0. The van der Waals surface area contributed by atoms with Gasteiger partial charge in [-0.25, -0.2) is 0 Å². The Morgan fingerprint density at radius 1 is 1.40 bits per heavy atom. The lowest BCUT2D eigenvalue weighted by atomic mass is 9.98. The van der Waals surface area contributed by atoms with Crippen molar-refractivity contribution in [2.45, 2.75) is 25.8 Å². The van der Waals surface area contributed by atoms with E-state index in [0.717, 1.165) is 6.54 Å². The zero-order valence-electron chi connectivity index (χ0n) is 7.20. The van der Waals surface area contributed by atoms with Crippen LogP contribution in [0.5, 0.6) is 0 Å². The topological polar surface area (TPSA) is 24.1 Å². The molecule has 0 amide bonds. The first-order chi connectivity index (χ1) is 4.75. The van der Waals surface area contributed by atoms with Crippen LogP contribution in [0.1, 0.15) is 19.8 Å². The van der Waals surface area contributed by atoms with Gasteiger partial charge in [0.15, 0.2) is 0 Å². The van der Waals surface area contributed by atoms with Gasteiger partial charge in [-0.2, -0.15) is 0 Å². The molecule has 0 saturated heterocycles. The van der Waals surface area contributed by atoms with Crippen molar-refractivity contribution in [3.63, 3.8) is 0 Å². The molecule has 0 spiro atoms. The molecule has 0 heterocycles. The quantitative estimate of drug-likeness (QED) is 0.600. The van der Waals surface area contributed by atoms with Crippen LogP contribution in [0.25, 0.3) is 0 Å². The fourth-order valence-corrected chi connectivity index (χ4v) is 1.58. The van der Waals surface area contributed by atoms with Gasteiger partial charge in [0, 0.05) is 12.6 Å². The lowest BCUT2D eigenvalue weighted by Crippen LogP contribution is -2.37. The predicted molar refractivity (Wildman–Crippen MR) is 44.1 cm³/mol. The maximum absolute atomic E-state index is 3.31. The standard InChI is InChI=1S/C8H18N2/c1-7(10-3)8(4-5-8)6-9-2/h7,9-10H,4-6H2,1-3H3. The van der Waals surface area contributed by atoms with Gasteiger partial charge in [0.2, 0.25) is 0 Å². The first-order valence-electron chi connectivity index (χ1n) is 4.07. The fraction of sp³-hybridized carbons (Fsp3) is 1.00. The Hall–Kier alpha value is -0.0800. The van der Waals surface area contributed by atoms with E-state index in [2.05, 4.69) is 17.6 Å². The molecule has 60 valence electrons. The molecule has 1 rings (SSSR count). The molecule has 2 heteroatoms. The Morgan fingerprint density at radius 3 is 2.30 bits per heavy atom. The Morgan fingerprint density at radius 2 is 2.00 bits per heavy atom. The number of hydrogen-bond acceptors (Lipinski definition) is 2. The van der Waals surface area contributed by atoms with Gasteiger partial charge in [-0.15, -0.1) is 0 Å². The highest BCUT2D eigenvalue weighted by molar-refractivity contribution is 5.01. The third-order valence-corrected chi connectivity index (χ3v) is 2.77. The van der Waals surface area contributed by atoms with Crippen LogP contribution in [-0.4, -0.2) is 26.7 Å². The SMILES string of the molecule is CNCC1(C(C)NC)CC1. The van der Waals surface area contributed by atoms with Crippen molar-refractivity contribution in [1.29, 1.82) is 0 Å². The van der Waals surface area contributed by atoms with E-state index in [0.29, 0.717) is 11.5 Å². The van der Waals surface area contributed by atoms with Crippen LogP contribution in [0.4, 0.5) is 0 Å². The molecule has 0 aliphatic heterocycles. The van der Waals surface area contributed by atoms with Crippen LogP contribution in [0.3, 0.4) is 0 Å². The Labute approximate surface area is 63.4 Å². The molecular formula is C8H18N2. The van der Waals surface area contributed by atoms with Crippen LogP contribution in [0, 0.1) is 5.41 Å². The Balaban J connectivity index is 2.35. The lowest BCUT2D eigenvalue weighted by molar-refractivity contribution is 0.361. The first kappa shape index (κ1) is 8.02. The summed E-state index contributed by atoms with van der Waals surface area (Å²) in [5, 5.41) is 6.56. The smallest absolute Gasteiger partial charge is 0.0104 e. The van der Waals surface area contributed by atoms with E-state index < -0.39 is 0 Å². The largest absolute Gasteiger partial charge is 0.319 e. The zero-order valence-corrected chi connectivity index (χ0v) is 7.20. The monoisotopic (exact) mass is 142 g/mol. The van der Waals surface area contributed by atoms with Gasteiger partial charge in [-0.3, -0.25) is 0 Å². The summed E-state index contributed by atoms with van der Waals surface area (Å²) in [6.45, 7) is 3.43. The van der Waals surface area contributed by atoms with Gasteiger partial charge in [0.05, 0.1) is 0 Å². The van der Waals surface area contributed by atoms with Crippen molar-refractivity contribution in [1.82, 2.24) is 10.6 Å². The molecule has 0 radical (unpaired) electrons. The second-order valence-electron chi connectivity index (χ2n) is 3.40. The third kappa shape index (κ3) is 1.32. The molecule has 0 aromatic rings. The van der Waals surface area contributed by atoms with Gasteiger partial charge in [-0.1, -0.05) is 0 Å². The van der Waals surface area contributed by atoms with Crippen molar-refractivity contribution in [2.24, 2.45) is 5.41 Å². The van der Waals surface area contributed by atoms with E-state index in [-0.39, 0.29) is 0 Å². The van der Waals surface area contributed by atoms with E-state index in [4.69, 9.17) is 0 Å². The molecule has 1 fully saturated rings. The lowest BCUT2D eigenvalue weighted by Gasteiger charge is -2.22. The van der Waals surface area contributed by atoms with Gasteiger partial charge in [-0.05, 0) is 39.3 Å². The van der Waals surface area contributed by atoms with Crippen molar-refractivity contribution in [3.8, 4) is 0 Å². The molecule has 10 heavy (non-hydrogen) atoms. The van der Waals surface area contributed by atoms with Crippen molar-refractivity contribution >= 4 is 0 Å². The minimum Gasteiger partial charge on any atom is -0.319 e. The third-order valence-electron chi connectivity index (χ3n) is 2.77. The van der Waals surface area contributed by atoms with E-state index in [1.165, 1.54) is 12.8 Å². The molecule has 2 N–H and O–H groups in total. The summed E-state index contributed by atoms with van der Waals surface area (Å²) in [6, 6.07) is 0.667. The average molecular weight is 142 g/mol.